The van der Waals surface area contributed by atoms with Gasteiger partial charge in [-0.3, -0.25) is 9.89 Å². The average Bonchev–Trinajstić information content (AvgIpc) is 2.92. The number of aryl methyl sites for hydroxylation is 1. The number of ether oxygens (including phenoxy) is 1. The van der Waals surface area contributed by atoms with Crippen LogP contribution in [0.4, 0.5) is 5.69 Å². The maximum atomic E-state index is 11.4. The summed E-state index contributed by atoms with van der Waals surface area (Å²) in [7, 11) is 0. The molecule has 1 aromatic carbocycles. The zero-order valence-electron chi connectivity index (χ0n) is 13.2. The van der Waals surface area contributed by atoms with Gasteiger partial charge < -0.3 is 10.1 Å². The van der Waals surface area contributed by atoms with Crippen LogP contribution in [0.3, 0.4) is 0 Å². The van der Waals surface area contributed by atoms with Crippen molar-refractivity contribution in [2.75, 3.05) is 11.9 Å². The maximum absolute atomic E-state index is 11.4. The Kier molecular flexibility index (Phi) is 5.52. The number of carbonyl (C=O) groups is 1. The molecule has 0 fully saturated rings. The molecule has 2 aromatic rings. The Bertz CT molecular complexity index is 624. The number of esters is 1. The fourth-order valence-corrected chi connectivity index (χ4v) is 2.14. The number of nitrogens with one attached hydrogen (secondary N) is 2. The summed E-state index contributed by atoms with van der Waals surface area (Å²) >= 11 is 0. The minimum atomic E-state index is -0.152. The largest absolute Gasteiger partial charge is 0.466 e. The lowest BCUT2D eigenvalue weighted by atomic mass is 10.1. The van der Waals surface area contributed by atoms with Gasteiger partial charge in [0.25, 0.3) is 0 Å². The van der Waals surface area contributed by atoms with Gasteiger partial charge in [-0.1, -0.05) is 12.1 Å². The van der Waals surface area contributed by atoms with E-state index in [4.69, 9.17) is 4.74 Å². The van der Waals surface area contributed by atoms with E-state index >= 15 is 0 Å². The first-order valence-electron chi connectivity index (χ1n) is 7.50. The minimum Gasteiger partial charge on any atom is -0.466 e. The molecule has 1 atom stereocenters. The number of aromatic nitrogens is 3. The van der Waals surface area contributed by atoms with E-state index in [9.17, 15) is 4.79 Å². The van der Waals surface area contributed by atoms with Crippen LogP contribution in [-0.2, 0) is 9.53 Å². The van der Waals surface area contributed by atoms with Gasteiger partial charge >= 0.3 is 5.97 Å². The standard InChI is InChI=1S/C16H22N4O2/c1-4-22-15(21)9-8-11(2)17-14-7-5-6-13(10-14)16-18-12(3)19-20-16/h5-7,10-11,17H,4,8-9H2,1-3H3,(H,18,19,20). The predicted octanol–water partition coefficient (Wildman–Crippen LogP) is 2.92. The third kappa shape index (κ3) is 4.58. The Labute approximate surface area is 130 Å². The molecule has 1 unspecified atom stereocenters. The molecule has 22 heavy (non-hydrogen) atoms. The van der Waals surface area contributed by atoms with Crippen molar-refractivity contribution in [3.8, 4) is 11.4 Å². The van der Waals surface area contributed by atoms with Gasteiger partial charge in [-0.15, -0.1) is 0 Å². The molecule has 2 rings (SSSR count). The average molecular weight is 302 g/mol. The van der Waals surface area contributed by atoms with Crippen LogP contribution in [0, 0.1) is 6.92 Å². The van der Waals surface area contributed by atoms with Gasteiger partial charge in [0.2, 0.25) is 0 Å². The number of benzene rings is 1. The summed E-state index contributed by atoms with van der Waals surface area (Å²) < 4.78 is 4.94. The third-order valence-corrected chi connectivity index (χ3v) is 3.22. The van der Waals surface area contributed by atoms with Gasteiger partial charge in [0.15, 0.2) is 5.82 Å². The van der Waals surface area contributed by atoms with Crippen molar-refractivity contribution in [3.63, 3.8) is 0 Å². The highest BCUT2D eigenvalue weighted by Crippen LogP contribution is 2.20. The highest BCUT2D eigenvalue weighted by atomic mass is 16.5. The molecular weight excluding hydrogens is 280 g/mol. The number of rotatable bonds is 7. The number of carbonyl (C=O) groups excluding carboxylic acids is 1. The van der Waals surface area contributed by atoms with Gasteiger partial charge in [-0.05, 0) is 39.3 Å². The van der Waals surface area contributed by atoms with Crippen molar-refractivity contribution in [2.24, 2.45) is 0 Å². The molecule has 2 N–H and O–H groups in total. The second-order valence-electron chi connectivity index (χ2n) is 5.21. The van der Waals surface area contributed by atoms with Gasteiger partial charge in [0, 0.05) is 23.7 Å². The van der Waals surface area contributed by atoms with Crippen molar-refractivity contribution in [3.05, 3.63) is 30.1 Å². The second kappa shape index (κ2) is 7.59. The molecule has 0 aliphatic carbocycles. The SMILES string of the molecule is CCOC(=O)CCC(C)Nc1cccc(-c2n[nH]c(C)n2)c1. The highest BCUT2D eigenvalue weighted by Gasteiger charge is 2.09. The molecule has 0 amide bonds. The molecule has 118 valence electrons. The Morgan fingerprint density at radius 3 is 2.95 bits per heavy atom. The number of H-pyrrole nitrogens is 1. The first-order chi connectivity index (χ1) is 10.6. The lowest BCUT2D eigenvalue weighted by molar-refractivity contribution is -0.143. The van der Waals surface area contributed by atoms with Gasteiger partial charge in [-0.25, -0.2) is 4.98 Å². The Hall–Kier alpha value is -2.37. The zero-order valence-corrected chi connectivity index (χ0v) is 13.2. The smallest absolute Gasteiger partial charge is 0.305 e. The normalized spacial score (nSPS) is 12.0. The molecular formula is C16H22N4O2. The van der Waals surface area contributed by atoms with E-state index in [1.54, 1.807) is 0 Å². The van der Waals surface area contributed by atoms with Crippen molar-refractivity contribution in [1.29, 1.82) is 0 Å². The summed E-state index contributed by atoms with van der Waals surface area (Å²) in [6.07, 6.45) is 1.14. The van der Waals surface area contributed by atoms with Crippen LogP contribution in [0.15, 0.2) is 24.3 Å². The summed E-state index contributed by atoms with van der Waals surface area (Å²) in [6.45, 7) is 6.16. The maximum Gasteiger partial charge on any atom is 0.305 e. The van der Waals surface area contributed by atoms with Crippen LogP contribution in [0.2, 0.25) is 0 Å². The van der Waals surface area contributed by atoms with Crippen LogP contribution in [0.5, 0.6) is 0 Å². The van der Waals surface area contributed by atoms with E-state index < -0.39 is 0 Å². The van der Waals surface area contributed by atoms with Crippen LogP contribution >= 0.6 is 0 Å². The van der Waals surface area contributed by atoms with E-state index in [1.807, 2.05) is 45.0 Å². The van der Waals surface area contributed by atoms with Crippen molar-refractivity contribution >= 4 is 11.7 Å². The molecule has 0 saturated heterocycles. The molecule has 1 aromatic heterocycles. The number of aromatic amines is 1. The van der Waals surface area contributed by atoms with Crippen LogP contribution in [0.25, 0.3) is 11.4 Å². The van der Waals surface area contributed by atoms with E-state index in [0.29, 0.717) is 18.9 Å². The third-order valence-electron chi connectivity index (χ3n) is 3.22. The fraction of sp³-hybridized carbons (Fsp3) is 0.438. The second-order valence-corrected chi connectivity index (χ2v) is 5.21. The van der Waals surface area contributed by atoms with E-state index in [1.165, 1.54) is 0 Å². The number of nitrogens with zero attached hydrogens (tertiary/aromatic N) is 2. The molecule has 0 radical (unpaired) electrons. The Morgan fingerprint density at radius 1 is 1.45 bits per heavy atom. The molecule has 0 aliphatic heterocycles. The van der Waals surface area contributed by atoms with Crippen LogP contribution in [0.1, 0.15) is 32.5 Å². The summed E-state index contributed by atoms with van der Waals surface area (Å²) in [5.74, 6) is 1.32. The number of anilines is 1. The summed E-state index contributed by atoms with van der Waals surface area (Å²) in [5, 5.41) is 10.4. The topological polar surface area (TPSA) is 79.9 Å². The fourth-order valence-electron chi connectivity index (χ4n) is 2.14. The van der Waals surface area contributed by atoms with Gasteiger partial charge in [-0.2, -0.15) is 5.10 Å². The summed E-state index contributed by atoms with van der Waals surface area (Å²) in [6, 6.07) is 8.10. The Morgan fingerprint density at radius 2 is 2.27 bits per heavy atom. The minimum absolute atomic E-state index is 0.152. The molecule has 1 heterocycles. The zero-order chi connectivity index (χ0) is 15.9. The highest BCUT2D eigenvalue weighted by molar-refractivity contribution is 5.69. The predicted molar refractivity (Wildman–Crippen MR) is 85.5 cm³/mol. The first kappa shape index (κ1) is 16.0. The molecule has 0 bridgehead atoms. The van der Waals surface area contributed by atoms with E-state index in [0.717, 1.165) is 23.5 Å². The molecule has 6 nitrogen and oxygen atoms in total. The Balaban J connectivity index is 1.94. The van der Waals surface area contributed by atoms with Gasteiger partial charge in [0.1, 0.15) is 5.82 Å². The van der Waals surface area contributed by atoms with Crippen molar-refractivity contribution < 1.29 is 9.53 Å². The van der Waals surface area contributed by atoms with E-state index in [2.05, 4.69) is 20.5 Å². The lowest BCUT2D eigenvalue weighted by Gasteiger charge is -2.15. The molecule has 0 aliphatic rings. The van der Waals surface area contributed by atoms with Crippen LogP contribution in [-0.4, -0.2) is 33.8 Å². The summed E-state index contributed by atoms with van der Waals surface area (Å²) in [4.78, 5) is 15.7. The van der Waals surface area contributed by atoms with Crippen molar-refractivity contribution in [2.45, 2.75) is 39.7 Å². The first-order valence-corrected chi connectivity index (χ1v) is 7.50. The summed E-state index contributed by atoms with van der Waals surface area (Å²) in [5.41, 5.74) is 1.93. The molecule has 0 spiro atoms. The van der Waals surface area contributed by atoms with Crippen LogP contribution < -0.4 is 5.32 Å². The number of hydrogen-bond acceptors (Lipinski definition) is 5. The van der Waals surface area contributed by atoms with Crippen molar-refractivity contribution in [1.82, 2.24) is 15.2 Å². The quantitative estimate of drug-likeness (QED) is 0.769. The monoisotopic (exact) mass is 302 g/mol. The lowest BCUT2D eigenvalue weighted by Crippen LogP contribution is -2.17. The molecule has 0 saturated carbocycles. The van der Waals surface area contributed by atoms with Gasteiger partial charge in [0.05, 0.1) is 6.61 Å². The molecule has 6 heteroatoms. The number of hydrogen-bond donors (Lipinski definition) is 2. The van der Waals surface area contributed by atoms with E-state index in [-0.39, 0.29) is 12.0 Å².